The average Bonchev–Trinajstić information content (AvgIpc) is 2.53. The average molecular weight is 308 g/mol. The van der Waals surface area contributed by atoms with E-state index in [1.807, 2.05) is 30.3 Å². The molecule has 6 heteroatoms. The fraction of sp³-hybridized carbons (Fsp3) is 0.400. The lowest BCUT2D eigenvalue weighted by molar-refractivity contribution is -0.125. The van der Waals surface area contributed by atoms with Crippen LogP contribution in [0.2, 0.25) is 0 Å². The van der Waals surface area contributed by atoms with Crippen LogP contribution in [0.15, 0.2) is 35.7 Å². The summed E-state index contributed by atoms with van der Waals surface area (Å²) in [5.74, 6) is -0.0913. The molecule has 21 heavy (non-hydrogen) atoms. The molecule has 0 spiro atoms. The molecule has 114 valence electrons. The van der Waals surface area contributed by atoms with E-state index in [1.54, 1.807) is 13.1 Å². The molecule has 1 saturated heterocycles. The van der Waals surface area contributed by atoms with E-state index in [9.17, 15) is 13.2 Å². The highest BCUT2D eigenvalue weighted by Crippen LogP contribution is 2.20. The normalized spacial score (nSPS) is 18.0. The van der Waals surface area contributed by atoms with Gasteiger partial charge in [-0.05, 0) is 24.5 Å². The Kier molecular flexibility index (Phi) is 5.14. The molecule has 0 aliphatic carbocycles. The van der Waals surface area contributed by atoms with Crippen LogP contribution in [0.4, 0.5) is 0 Å². The standard InChI is InChI=1S/C15H20N2O3S/c1-16-15(18)14-7-10-17(11-8-14)21(19,20)12-9-13-5-3-2-4-6-13/h2-6,9,12,14H,7-8,10-11H2,1H3,(H,16,18)/b12-9+. The molecular formula is C15H20N2O3S. The number of rotatable bonds is 4. The van der Waals surface area contributed by atoms with Crippen molar-refractivity contribution in [2.45, 2.75) is 12.8 Å². The minimum absolute atomic E-state index is 0.00752. The first-order valence-electron chi connectivity index (χ1n) is 6.98. The molecule has 1 fully saturated rings. The number of amides is 1. The van der Waals surface area contributed by atoms with Gasteiger partial charge in [-0.3, -0.25) is 4.79 Å². The fourth-order valence-electron chi connectivity index (χ4n) is 2.39. The maximum Gasteiger partial charge on any atom is 0.236 e. The predicted octanol–water partition coefficient (Wildman–Crippen LogP) is 1.45. The number of sulfonamides is 1. The lowest BCUT2D eigenvalue weighted by Gasteiger charge is -2.29. The molecule has 0 unspecified atom stereocenters. The molecular weight excluding hydrogens is 288 g/mol. The summed E-state index contributed by atoms with van der Waals surface area (Å²) >= 11 is 0. The largest absolute Gasteiger partial charge is 0.359 e. The Morgan fingerprint density at radius 2 is 1.86 bits per heavy atom. The SMILES string of the molecule is CNC(=O)C1CCN(S(=O)(=O)/C=C/c2ccccc2)CC1. The monoisotopic (exact) mass is 308 g/mol. The molecule has 2 rings (SSSR count). The summed E-state index contributed by atoms with van der Waals surface area (Å²) in [6.45, 7) is 0.777. The van der Waals surface area contributed by atoms with E-state index in [2.05, 4.69) is 5.32 Å². The number of piperidine rings is 1. The van der Waals surface area contributed by atoms with E-state index in [-0.39, 0.29) is 11.8 Å². The number of hydrogen-bond donors (Lipinski definition) is 1. The summed E-state index contributed by atoms with van der Waals surface area (Å²) in [4.78, 5) is 11.5. The Morgan fingerprint density at radius 1 is 1.24 bits per heavy atom. The molecule has 1 aromatic rings. The van der Waals surface area contributed by atoms with E-state index in [0.29, 0.717) is 25.9 Å². The second-order valence-electron chi connectivity index (χ2n) is 5.05. The van der Waals surface area contributed by atoms with Crippen LogP contribution < -0.4 is 5.32 Å². The molecule has 0 bridgehead atoms. The number of hydrogen-bond acceptors (Lipinski definition) is 3. The summed E-state index contributed by atoms with van der Waals surface area (Å²) < 4.78 is 25.9. The molecule has 1 aliphatic heterocycles. The molecule has 1 N–H and O–H groups in total. The van der Waals surface area contributed by atoms with Gasteiger partial charge in [0.2, 0.25) is 15.9 Å². The van der Waals surface area contributed by atoms with Gasteiger partial charge < -0.3 is 5.32 Å². The molecule has 5 nitrogen and oxygen atoms in total. The Labute approximate surface area is 125 Å². The van der Waals surface area contributed by atoms with Crippen LogP contribution in [0.5, 0.6) is 0 Å². The van der Waals surface area contributed by atoms with Crippen molar-refractivity contribution >= 4 is 22.0 Å². The third-order valence-electron chi connectivity index (χ3n) is 3.66. The summed E-state index contributed by atoms with van der Waals surface area (Å²) in [5, 5.41) is 3.85. The number of benzene rings is 1. The van der Waals surface area contributed by atoms with Crippen molar-refractivity contribution in [1.82, 2.24) is 9.62 Å². The zero-order valence-electron chi connectivity index (χ0n) is 12.0. The first kappa shape index (κ1) is 15.7. The van der Waals surface area contributed by atoms with Gasteiger partial charge in [0.05, 0.1) is 0 Å². The van der Waals surface area contributed by atoms with Gasteiger partial charge in [-0.2, -0.15) is 4.31 Å². The molecule has 1 aromatic carbocycles. The van der Waals surface area contributed by atoms with Crippen molar-refractivity contribution in [3.05, 3.63) is 41.3 Å². The molecule has 0 radical (unpaired) electrons. The summed E-state index contributed by atoms with van der Waals surface area (Å²) in [6, 6.07) is 9.31. The highest BCUT2D eigenvalue weighted by Gasteiger charge is 2.29. The van der Waals surface area contributed by atoms with Gasteiger partial charge in [-0.1, -0.05) is 30.3 Å². The van der Waals surface area contributed by atoms with Crippen molar-refractivity contribution in [3.63, 3.8) is 0 Å². The number of carbonyl (C=O) groups is 1. The fourth-order valence-corrected chi connectivity index (χ4v) is 3.61. The highest BCUT2D eigenvalue weighted by molar-refractivity contribution is 7.92. The lowest BCUT2D eigenvalue weighted by Crippen LogP contribution is -2.41. The van der Waals surface area contributed by atoms with Crippen LogP contribution in [0, 0.1) is 5.92 Å². The zero-order chi connectivity index (χ0) is 15.3. The van der Waals surface area contributed by atoms with Gasteiger partial charge in [-0.15, -0.1) is 0 Å². The van der Waals surface area contributed by atoms with Gasteiger partial charge in [-0.25, -0.2) is 8.42 Å². The third-order valence-corrected chi connectivity index (χ3v) is 5.23. The third kappa shape index (κ3) is 4.15. The van der Waals surface area contributed by atoms with E-state index < -0.39 is 10.0 Å². The van der Waals surface area contributed by atoms with Crippen LogP contribution >= 0.6 is 0 Å². The first-order chi connectivity index (χ1) is 10.0. The number of nitrogens with zero attached hydrogens (tertiary/aromatic N) is 1. The topological polar surface area (TPSA) is 66.5 Å². The van der Waals surface area contributed by atoms with E-state index in [0.717, 1.165) is 5.56 Å². The van der Waals surface area contributed by atoms with Crippen LogP contribution in [-0.2, 0) is 14.8 Å². The summed E-state index contributed by atoms with van der Waals surface area (Å²) in [5.41, 5.74) is 0.848. The van der Waals surface area contributed by atoms with Gasteiger partial charge in [0.15, 0.2) is 0 Å². The lowest BCUT2D eigenvalue weighted by atomic mass is 9.97. The molecule has 1 amide bonds. The molecule has 0 atom stereocenters. The summed E-state index contributed by atoms with van der Waals surface area (Å²) in [6.07, 6.45) is 2.73. The summed E-state index contributed by atoms with van der Waals surface area (Å²) in [7, 11) is -1.81. The van der Waals surface area contributed by atoms with Crippen molar-refractivity contribution in [3.8, 4) is 0 Å². The maximum atomic E-state index is 12.2. The second-order valence-corrected chi connectivity index (χ2v) is 6.86. The van der Waals surface area contributed by atoms with Crippen molar-refractivity contribution in [1.29, 1.82) is 0 Å². The van der Waals surface area contributed by atoms with Gasteiger partial charge >= 0.3 is 0 Å². The minimum Gasteiger partial charge on any atom is -0.359 e. The van der Waals surface area contributed by atoms with Crippen molar-refractivity contribution in [2.24, 2.45) is 5.92 Å². The Bertz CT molecular complexity index is 603. The molecule has 0 saturated carbocycles. The smallest absolute Gasteiger partial charge is 0.236 e. The molecule has 1 heterocycles. The van der Waals surface area contributed by atoms with Gasteiger partial charge in [0.1, 0.15) is 0 Å². The number of nitrogens with one attached hydrogen (secondary N) is 1. The Hall–Kier alpha value is -1.66. The maximum absolute atomic E-state index is 12.2. The van der Waals surface area contributed by atoms with Gasteiger partial charge in [0, 0.05) is 31.5 Å². The highest BCUT2D eigenvalue weighted by atomic mass is 32.2. The van der Waals surface area contributed by atoms with Crippen LogP contribution in [0.3, 0.4) is 0 Å². The first-order valence-corrected chi connectivity index (χ1v) is 8.48. The molecule has 0 aromatic heterocycles. The van der Waals surface area contributed by atoms with E-state index in [1.165, 1.54) is 9.71 Å². The predicted molar refractivity (Wildman–Crippen MR) is 82.8 cm³/mol. The van der Waals surface area contributed by atoms with E-state index in [4.69, 9.17) is 0 Å². The second kappa shape index (κ2) is 6.87. The van der Waals surface area contributed by atoms with E-state index >= 15 is 0 Å². The Morgan fingerprint density at radius 3 is 2.43 bits per heavy atom. The van der Waals surface area contributed by atoms with Crippen molar-refractivity contribution < 1.29 is 13.2 Å². The van der Waals surface area contributed by atoms with Crippen LogP contribution in [-0.4, -0.2) is 38.8 Å². The van der Waals surface area contributed by atoms with Crippen molar-refractivity contribution in [2.75, 3.05) is 20.1 Å². The minimum atomic E-state index is -3.42. The van der Waals surface area contributed by atoms with Crippen LogP contribution in [0.25, 0.3) is 6.08 Å². The zero-order valence-corrected chi connectivity index (χ0v) is 12.8. The van der Waals surface area contributed by atoms with Gasteiger partial charge in [0.25, 0.3) is 0 Å². The van der Waals surface area contributed by atoms with Crippen LogP contribution in [0.1, 0.15) is 18.4 Å². The quantitative estimate of drug-likeness (QED) is 0.915. The Balaban J connectivity index is 1.99. The molecule has 1 aliphatic rings. The number of carbonyl (C=O) groups excluding carboxylic acids is 1.